The number of halogens is 1. The summed E-state index contributed by atoms with van der Waals surface area (Å²) in [5.41, 5.74) is 7.58. The van der Waals surface area contributed by atoms with E-state index in [-0.39, 0.29) is 6.04 Å². The second-order valence-corrected chi connectivity index (χ2v) is 6.23. The number of hydrogen-bond acceptors (Lipinski definition) is 4. The van der Waals surface area contributed by atoms with E-state index in [1.807, 2.05) is 10.9 Å². The minimum atomic E-state index is 0.0305. The molecule has 0 bridgehead atoms. The maximum Gasteiger partial charge on any atom is 0.0696 e. The molecule has 1 aromatic heterocycles. The molecule has 2 rings (SSSR count). The Morgan fingerprint density at radius 1 is 1.53 bits per heavy atom. The van der Waals surface area contributed by atoms with Crippen molar-refractivity contribution in [3.63, 3.8) is 0 Å². The zero-order chi connectivity index (χ0) is 13.8. The average Bonchev–Trinajstić information content (AvgIpc) is 2.78. The van der Waals surface area contributed by atoms with Crippen LogP contribution in [0.4, 0.5) is 0 Å². The molecular weight excluding hydrogens is 308 g/mol. The third-order valence-corrected chi connectivity index (χ3v) is 4.29. The van der Waals surface area contributed by atoms with Gasteiger partial charge in [0.2, 0.25) is 0 Å². The van der Waals surface area contributed by atoms with Crippen molar-refractivity contribution in [1.82, 2.24) is 14.7 Å². The molecule has 1 aromatic rings. The zero-order valence-electron chi connectivity index (χ0n) is 11.7. The molecule has 1 aliphatic heterocycles. The Labute approximate surface area is 123 Å². The fraction of sp³-hybridized carbons (Fsp3) is 0.769. The second-order valence-electron chi connectivity index (χ2n) is 5.38. The molecule has 1 aliphatic rings. The van der Waals surface area contributed by atoms with Crippen molar-refractivity contribution in [2.75, 3.05) is 33.9 Å². The van der Waals surface area contributed by atoms with Gasteiger partial charge >= 0.3 is 0 Å². The highest BCUT2D eigenvalue weighted by Crippen LogP contribution is 2.32. The highest BCUT2D eigenvalue weighted by molar-refractivity contribution is 9.10. The van der Waals surface area contributed by atoms with E-state index in [9.17, 15) is 0 Å². The molecule has 1 saturated heterocycles. The van der Waals surface area contributed by atoms with Crippen LogP contribution in [0.25, 0.3) is 0 Å². The van der Waals surface area contributed by atoms with Crippen molar-refractivity contribution >= 4 is 15.9 Å². The van der Waals surface area contributed by atoms with E-state index < -0.39 is 0 Å². The lowest BCUT2D eigenvalue weighted by Crippen LogP contribution is -2.30. The van der Waals surface area contributed by atoms with Gasteiger partial charge in [0.25, 0.3) is 0 Å². The van der Waals surface area contributed by atoms with Gasteiger partial charge in [0.05, 0.1) is 29.0 Å². The van der Waals surface area contributed by atoms with Gasteiger partial charge in [-0.15, -0.1) is 0 Å². The molecule has 0 radical (unpaired) electrons. The Morgan fingerprint density at radius 3 is 2.84 bits per heavy atom. The highest BCUT2D eigenvalue weighted by Gasteiger charge is 2.26. The van der Waals surface area contributed by atoms with Gasteiger partial charge in [0.15, 0.2) is 0 Å². The van der Waals surface area contributed by atoms with Gasteiger partial charge in [0, 0.05) is 19.8 Å². The number of nitrogens with two attached hydrogens (primary N) is 1. The lowest BCUT2D eigenvalue weighted by atomic mass is 9.90. The second kappa shape index (κ2) is 6.83. The van der Waals surface area contributed by atoms with Crippen LogP contribution in [0.2, 0.25) is 0 Å². The fourth-order valence-electron chi connectivity index (χ4n) is 2.47. The summed E-state index contributed by atoms with van der Waals surface area (Å²) in [6, 6.07) is 0.0305. The molecular formula is C13H23BrN4O. The number of ether oxygens (including phenoxy) is 1. The monoisotopic (exact) mass is 330 g/mol. The molecule has 0 aromatic carbocycles. The van der Waals surface area contributed by atoms with Crippen LogP contribution in [0.5, 0.6) is 0 Å². The van der Waals surface area contributed by atoms with E-state index in [0.717, 1.165) is 49.3 Å². The maximum absolute atomic E-state index is 6.46. The standard InChI is InChI=1S/C13H23BrN4O/c1-17(2)5-6-18-13(11(14)9-16-18)12(15)10-3-7-19-8-4-10/h9-10,12H,3-8,15H2,1-2H3. The molecule has 108 valence electrons. The molecule has 5 nitrogen and oxygen atoms in total. The Morgan fingerprint density at radius 2 is 2.21 bits per heavy atom. The lowest BCUT2D eigenvalue weighted by Gasteiger charge is -2.28. The van der Waals surface area contributed by atoms with Crippen LogP contribution in [-0.4, -0.2) is 48.5 Å². The predicted molar refractivity (Wildman–Crippen MR) is 79.0 cm³/mol. The number of likely N-dealkylation sites (N-methyl/N-ethyl adjacent to an activating group) is 1. The first-order valence-corrected chi connectivity index (χ1v) is 7.58. The van der Waals surface area contributed by atoms with Crippen LogP contribution >= 0.6 is 15.9 Å². The normalized spacial score (nSPS) is 19.0. The van der Waals surface area contributed by atoms with Crippen LogP contribution in [0.3, 0.4) is 0 Å². The Balaban J connectivity index is 2.10. The van der Waals surface area contributed by atoms with Gasteiger partial charge in [-0.1, -0.05) is 0 Å². The minimum Gasteiger partial charge on any atom is -0.381 e. The zero-order valence-corrected chi connectivity index (χ0v) is 13.3. The summed E-state index contributed by atoms with van der Waals surface area (Å²) in [6.45, 7) is 3.47. The molecule has 2 heterocycles. The van der Waals surface area contributed by atoms with Crippen molar-refractivity contribution in [3.05, 3.63) is 16.4 Å². The number of nitrogens with zero attached hydrogens (tertiary/aromatic N) is 3. The minimum absolute atomic E-state index is 0.0305. The van der Waals surface area contributed by atoms with Crippen LogP contribution in [0.1, 0.15) is 24.6 Å². The van der Waals surface area contributed by atoms with Gasteiger partial charge in [0.1, 0.15) is 0 Å². The molecule has 0 aliphatic carbocycles. The fourth-order valence-corrected chi connectivity index (χ4v) is 3.03. The predicted octanol–water partition coefficient (Wildman–Crippen LogP) is 1.63. The molecule has 1 atom stereocenters. The molecule has 0 amide bonds. The molecule has 6 heteroatoms. The highest BCUT2D eigenvalue weighted by atomic mass is 79.9. The third-order valence-electron chi connectivity index (χ3n) is 3.68. The topological polar surface area (TPSA) is 56.3 Å². The van der Waals surface area contributed by atoms with Gasteiger partial charge in [-0.3, -0.25) is 4.68 Å². The SMILES string of the molecule is CN(C)CCn1ncc(Br)c1C(N)C1CCOCC1. The first kappa shape index (κ1) is 15.0. The molecule has 1 unspecified atom stereocenters. The summed E-state index contributed by atoms with van der Waals surface area (Å²) in [4.78, 5) is 2.15. The van der Waals surface area contributed by atoms with Crippen molar-refractivity contribution in [1.29, 1.82) is 0 Å². The third kappa shape index (κ3) is 3.78. The van der Waals surface area contributed by atoms with Gasteiger partial charge in [-0.05, 0) is 48.8 Å². The van der Waals surface area contributed by atoms with E-state index in [0.29, 0.717) is 5.92 Å². The van der Waals surface area contributed by atoms with Gasteiger partial charge < -0.3 is 15.4 Å². The van der Waals surface area contributed by atoms with Crippen molar-refractivity contribution < 1.29 is 4.74 Å². The van der Waals surface area contributed by atoms with Crippen molar-refractivity contribution in [2.24, 2.45) is 11.7 Å². The summed E-state index contributed by atoms with van der Waals surface area (Å²) in [6.07, 6.45) is 3.92. The first-order chi connectivity index (χ1) is 9.09. The van der Waals surface area contributed by atoms with Crippen LogP contribution in [0, 0.1) is 5.92 Å². The molecule has 0 spiro atoms. The van der Waals surface area contributed by atoms with Gasteiger partial charge in [-0.2, -0.15) is 5.10 Å². The molecule has 2 N–H and O–H groups in total. The summed E-state index contributed by atoms with van der Waals surface area (Å²) in [5.74, 6) is 0.486. The summed E-state index contributed by atoms with van der Waals surface area (Å²) >= 11 is 3.58. The Kier molecular flexibility index (Phi) is 5.38. The van der Waals surface area contributed by atoms with Crippen LogP contribution < -0.4 is 5.73 Å². The summed E-state index contributed by atoms with van der Waals surface area (Å²) in [7, 11) is 4.13. The van der Waals surface area contributed by atoms with E-state index in [2.05, 4.69) is 40.0 Å². The van der Waals surface area contributed by atoms with Crippen molar-refractivity contribution in [3.8, 4) is 0 Å². The molecule has 19 heavy (non-hydrogen) atoms. The smallest absolute Gasteiger partial charge is 0.0696 e. The first-order valence-electron chi connectivity index (χ1n) is 6.79. The Hall–Kier alpha value is -0.430. The number of hydrogen-bond donors (Lipinski definition) is 1. The summed E-state index contributed by atoms with van der Waals surface area (Å²) in [5, 5.41) is 4.44. The van der Waals surface area contributed by atoms with Gasteiger partial charge in [-0.25, -0.2) is 0 Å². The van der Waals surface area contributed by atoms with E-state index in [4.69, 9.17) is 10.5 Å². The van der Waals surface area contributed by atoms with Crippen molar-refractivity contribution in [2.45, 2.75) is 25.4 Å². The molecule has 0 saturated carbocycles. The van der Waals surface area contributed by atoms with E-state index in [1.54, 1.807) is 0 Å². The number of rotatable bonds is 5. The van der Waals surface area contributed by atoms with Crippen LogP contribution in [0.15, 0.2) is 10.7 Å². The molecule has 1 fully saturated rings. The quantitative estimate of drug-likeness (QED) is 0.891. The maximum atomic E-state index is 6.46. The number of aromatic nitrogens is 2. The summed E-state index contributed by atoms with van der Waals surface area (Å²) < 4.78 is 8.46. The van der Waals surface area contributed by atoms with E-state index >= 15 is 0 Å². The largest absolute Gasteiger partial charge is 0.381 e. The average molecular weight is 331 g/mol. The Bertz CT molecular complexity index is 401. The lowest BCUT2D eigenvalue weighted by molar-refractivity contribution is 0.0573. The van der Waals surface area contributed by atoms with E-state index in [1.165, 1.54) is 0 Å². The van der Waals surface area contributed by atoms with Crippen LogP contribution in [-0.2, 0) is 11.3 Å².